The second-order valence-electron chi connectivity index (χ2n) is 2.62. The molecule has 0 saturated carbocycles. The number of nitrogens with two attached hydrogens (primary N) is 1. The van der Waals surface area contributed by atoms with Gasteiger partial charge in [0.2, 0.25) is 5.37 Å². The first-order chi connectivity index (χ1) is 5.28. The van der Waals surface area contributed by atoms with E-state index in [1.54, 1.807) is 0 Å². The van der Waals surface area contributed by atoms with E-state index in [0.29, 0.717) is 0 Å². The number of rotatable bonds is 1. The van der Waals surface area contributed by atoms with Gasteiger partial charge in [-0.2, -0.15) is 8.42 Å². The minimum Gasteiger partial charge on any atom is -0.623 e. The Hall–Kier alpha value is -0.700. The molecule has 0 radical (unpaired) electrons. The molecule has 1 aliphatic rings. The summed E-state index contributed by atoms with van der Waals surface area (Å²) in [4.78, 5) is 10.5. The lowest BCUT2D eigenvalue weighted by Gasteiger charge is -2.49. The second-order valence-corrected chi connectivity index (χ2v) is 4.19. The Balaban J connectivity index is 2.94. The van der Waals surface area contributed by atoms with Gasteiger partial charge in [0.05, 0.1) is 13.0 Å². The van der Waals surface area contributed by atoms with Gasteiger partial charge in [0, 0.05) is 0 Å². The van der Waals surface area contributed by atoms with Crippen LogP contribution in [0.25, 0.3) is 0 Å². The SMILES string of the molecule is NC(=O)[N+]1([O-])CCC1S(=O)(=O)O. The normalized spacial score (nSPS) is 35.7. The highest BCUT2D eigenvalue weighted by Crippen LogP contribution is 2.30. The molecule has 2 unspecified atom stereocenters. The monoisotopic (exact) mass is 196 g/mol. The number of urea groups is 1. The predicted molar refractivity (Wildman–Crippen MR) is 38.0 cm³/mol. The third-order valence-electron chi connectivity index (χ3n) is 1.89. The van der Waals surface area contributed by atoms with Gasteiger partial charge in [-0.25, -0.2) is 4.79 Å². The highest BCUT2D eigenvalue weighted by Gasteiger charge is 2.52. The van der Waals surface area contributed by atoms with E-state index in [2.05, 4.69) is 5.73 Å². The van der Waals surface area contributed by atoms with Gasteiger partial charge in [0.25, 0.3) is 0 Å². The highest BCUT2D eigenvalue weighted by molar-refractivity contribution is 7.86. The molecule has 1 heterocycles. The molecule has 8 heteroatoms. The van der Waals surface area contributed by atoms with Gasteiger partial charge in [-0.3, -0.25) is 9.20 Å². The average Bonchev–Trinajstić information content (AvgIpc) is 1.79. The van der Waals surface area contributed by atoms with Gasteiger partial charge in [-0.1, -0.05) is 0 Å². The molecule has 0 aromatic carbocycles. The quantitative estimate of drug-likeness (QED) is 0.316. The number of amides is 2. The standard InChI is InChI=1S/C4H8N2O5S/c5-4(7)6(8)2-1-3(6)12(9,10)11/h3H,1-2H2,(H2,5,7)(H,9,10,11). The number of hydroxylamine groups is 3. The minimum absolute atomic E-state index is 0.0364. The van der Waals surface area contributed by atoms with Crippen LogP contribution in [0.4, 0.5) is 4.79 Å². The first kappa shape index (κ1) is 9.39. The summed E-state index contributed by atoms with van der Waals surface area (Å²) in [7, 11) is -4.46. The van der Waals surface area contributed by atoms with Crippen LogP contribution in [0.1, 0.15) is 6.42 Å². The van der Waals surface area contributed by atoms with Crippen LogP contribution in [0.5, 0.6) is 0 Å². The summed E-state index contributed by atoms with van der Waals surface area (Å²) in [5, 5.41) is 9.53. The van der Waals surface area contributed by atoms with Gasteiger partial charge in [0.15, 0.2) is 0 Å². The Bertz CT molecular complexity index is 311. The third-order valence-corrected chi connectivity index (χ3v) is 3.15. The maximum Gasteiger partial charge on any atom is 0.415 e. The Morgan fingerprint density at radius 2 is 2.17 bits per heavy atom. The van der Waals surface area contributed by atoms with Crippen LogP contribution in [0.2, 0.25) is 0 Å². The zero-order chi connectivity index (χ0) is 9.57. The van der Waals surface area contributed by atoms with Gasteiger partial charge >= 0.3 is 16.1 Å². The molecule has 1 aliphatic heterocycles. The van der Waals surface area contributed by atoms with Crippen molar-refractivity contribution in [2.45, 2.75) is 11.8 Å². The fraction of sp³-hybridized carbons (Fsp3) is 0.750. The summed E-state index contributed by atoms with van der Waals surface area (Å²) in [5.74, 6) is 0. The number of quaternary nitrogens is 1. The van der Waals surface area contributed by atoms with Crippen molar-refractivity contribution in [3.8, 4) is 0 Å². The summed E-state index contributed by atoms with van der Waals surface area (Å²) in [6, 6.07) is -1.29. The smallest absolute Gasteiger partial charge is 0.415 e. The largest absolute Gasteiger partial charge is 0.623 e. The van der Waals surface area contributed by atoms with Gasteiger partial charge in [-0.15, -0.1) is 0 Å². The first-order valence-electron chi connectivity index (χ1n) is 3.13. The second kappa shape index (κ2) is 2.39. The lowest BCUT2D eigenvalue weighted by molar-refractivity contribution is -0.853. The molecular weight excluding hydrogens is 188 g/mol. The number of carbonyl (C=O) groups is 1. The van der Waals surface area contributed by atoms with Crippen LogP contribution in [-0.4, -0.2) is 35.6 Å². The van der Waals surface area contributed by atoms with Crippen molar-refractivity contribution in [3.05, 3.63) is 5.21 Å². The molecular formula is C4H8N2O5S. The number of hydrogen-bond donors (Lipinski definition) is 2. The first-order valence-corrected chi connectivity index (χ1v) is 4.64. The van der Waals surface area contributed by atoms with E-state index in [9.17, 15) is 18.4 Å². The minimum atomic E-state index is -4.46. The molecule has 0 bridgehead atoms. The Kier molecular flexibility index (Phi) is 1.87. The topological polar surface area (TPSA) is 121 Å². The van der Waals surface area contributed by atoms with E-state index in [-0.39, 0.29) is 13.0 Å². The lowest BCUT2D eigenvalue weighted by Crippen LogP contribution is -2.68. The van der Waals surface area contributed by atoms with Crippen molar-refractivity contribution in [1.82, 2.24) is 0 Å². The van der Waals surface area contributed by atoms with Gasteiger partial charge < -0.3 is 10.9 Å². The van der Waals surface area contributed by atoms with Crippen LogP contribution >= 0.6 is 0 Å². The predicted octanol–water partition coefficient (Wildman–Crippen LogP) is -1.00. The summed E-state index contributed by atoms with van der Waals surface area (Å²) in [6.45, 7) is -0.195. The van der Waals surface area contributed by atoms with Crippen molar-refractivity contribution in [1.29, 1.82) is 0 Å². The van der Waals surface area contributed by atoms with E-state index in [0.717, 1.165) is 0 Å². The van der Waals surface area contributed by atoms with Crippen LogP contribution in [0.3, 0.4) is 0 Å². The zero-order valence-electron chi connectivity index (χ0n) is 6.00. The summed E-state index contributed by atoms with van der Waals surface area (Å²) >= 11 is 0. The molecule has 1 rings (SSSR count). The molecule has 12 heavy (non-hydrogen) atoms. The van der Waals surface area contributed by atoms with E-state index in [1.807, 2.05) is 0 Å². The van der Waals surface area contributed by atoms with Gasteiger partial charge in [0.1, 0.15) is 0 Å². The molecule has 2 atom stereocenters. The number of nitrogens with zero attached hydrogens (tertiary/aromatic N) is 1. The number of primary amides is 1. The highest BCUT2D eigenvalue weighted by atomic mass is 32.2. The van der Waals surface area contributed by atoms with E-state index in [4.69, 9.17) is 4.55 Å². The Morgan fingerprint density at radius 3 is 2.25 bits per heavy atom. The molecule has 0 spiro atoms. The molecule has 7 nitrogen and oxygen atoms in total. The van der Waals surface area contributed by atoms with Crippen molar-refractivity contribution >= 4 is 16.1 Å². The molecule has 0 aliphatic carbocycles. The molecule has 0 aromatic heterocycles. The Morgan fingerprint density at radius 1 is 1.67 bits per heavy atom. The van der Waals surface area contributed by atoms with Crippen LogP contribution < -0.4 is 5.73 Å². The van der Waals surface area contributed by atoms with Crippen LogP contribution in [0, 0.1) is 5.21 Å². The summed E-state index contributed by atoms with van der Waals surface area (Å²) < 4.78 is 27.7. The fourth-order valence-electron chi connectivity index (χ4n) is 1.09. The Labute approximate surface area is 68.7 Å². The maximum absolute atomic E-state index is 11.2. The van der Waals surface area contributed by atoms with Crippen molar-refractivity contribution in [3.63, 3.8) is 0 Å². The molecule has 70 valence electrons. The zero-order valence-corrected chi connectivity index (χ0v) is 6.82. The van der Waals surface area contributed by atoms with Crippen molar-refractivity contribution in [2.75, 3.05) is 6.54 Å². The fourth-order valence-corrected chi connectivity index (χ4v) is 2.13. The molecule has 1 fully saturated rings. The van der Waals surface area contributed by atoms with E-state index in [1.165, 1.54) is 0 Å². The van der Waals surface area contributed by atoms with E-state index >= 15 is 0 Å². The van der Waals surface area contributed by atoms with Crippen molar-refractivity contribution < 1.29 is 22.4 Å². The van der Waals surface area contributed by atoms with Crippen LogP contribution in [0.15, 0.2) is 0 Å². The number of hydrogen-bond acceptors (Lipinski definition) is 4. The van der Waals surface area contributed by atoms with Crippen molar-refractivity contribution in [2.24, 2.45) is 5.73 Å². The third kappa shape index (κ3) is 1.18. The maximum atomic E-state index is 11.2. The molecule has 1 saturated heterocycles. The lowest BCUT2D eigenvalue weighted by atomic mass is 10.2. The van der Waals surface area contributed by atoms with Crippen LogP contribution in [-0.2, 0) is 10.1 Å². The summed E-state index contributed by atoms with van der Waals surface area (Å²) in [5.41, 5.74) is 4.66. The number of likely N-dealkylation sites (tertiary alicyclic amines) is 1. The molecule has 3 N–H and O–H groups in total. The average molecular weight is 196 g/mol. The number of carbonyl (C=O) groups excluding carboxylic acids is 1. The van der Waals surface area contributed by atoms with E-state index < -0.39 is 26.2 Å². The summed E-state index contributed by atoms with van der Waals surface area (Å²) in [6.07, 6.45) is -0.0364. The van der Waals surface area contributed by atoms with Gasteiger partial charge in [-0.05, 0) is 0 Å². The molecule has 0 aromatic rings. The molecule has 2 amide bonds.